The van der Waals surface area contributed by atoms with E-state index in [9.17, 15) is 9.59 Å². The summed E-state index contributed by atoms with van der Waals surface area (Å²) in [4.78, 5) is 24.3. The molecular weight excluding hydrogens is 356 g/mol. The second kappa shape index (κ2) is 7.21. The lowest BCUT2D eigenvalue weighted by molar-refractivity contribution is 0.0711. The van der Waals surface area contributed by atoms with Crippen LogP contribution in [0.2, 0.25) is 0 Å². The maximum Gasteiger partial charge on any atom is 0.284 e. The first kappa shape index (κ1) is 17.4. The molecule has 26 heavy (non-hydrogen) atoms. The quantitative estimate of drug-likeness (QED) is 0.158. The minimum Gasteiger partial charge on any atom is -0.409 e. The van der Waals surface area contributed by atoms with Gasteiger partial charge in [-0.2, -0.15) is 0 Å². The van der Waals surface area contributed by atoms with Crippen molar-refractivity contribution >= 4 is 44.8 Å². The smallest absolute Gasteiger partial charge is 0.284 e. The number of benzene rings is 2. The van der Waals surface area contributed by atoms with Crippen LogP contribution in [-0.4, -0.2) is 28.1 Å². The van der Waals surface area contributed by atoms with Gasteiger partial charge in [-0.25, -0.2) is 5.48 Å². The largest absolute Gasteiger partial charge is 0.409 e. The average Bonchev–Trinajstić information content (AvgIpc) is 3.10. The number of hydrogen-bond acceptors (Lipinski definition) is 6. The number of amidine groups is 1. The predicted molar refractivity (Wildman–Crippen MR) is 98.0 cm³/mol. The topological polar surface area (TPSA) is 137 Å². The molecule has 8 nitrogen and oxygen atoms in total. The van der Waals surface area contributed by atoms with Crippen LogP contribution in [0.5, 0.6) is 0 Å². The second-order valence-corrected chi connectivity index (χ2v) is 6.41. The van der Waals surface area contributed by atoms with Gasteiger partial charge in [0.1, 0.15) is 0 Å². The van der Waals surface area contributed by atoms with E-state index >= 15 is 0 Å². The Morgan fingerprint density at radius 1 is 1.04 bits per heavy atom. The Morgan fingerprint density at radius 2 is 1.81 bits per heavy atom. The summed E-state index contributed by atoms with van der Waals surface area (Å²) < 4.78 is 0.843. The molecule has 6 N–H and O–H groups in total. The molecule has 1 heterocycles. The molecule has 0 radical (unpaired) electrons. The van der Waals surface area contributed by atoms with Gasteiger partial charge in [0.2, 0.25) is 0 Å². The second-order valence-electron chi connectivity index (χ2n) is 5.32. The number of carbonyl (C=O) groups excluding carboxylic acids is 2. The molecule has 132 valence electrons. The molecule has 0 aliphatic heterocycles. The van der Waals surface area contributed by atoms with Gasteiger partial charge in [0, 0.05) is 21.5 Å². The summed E-state index contributed by atoms with van der Waals surface area (Å²) in [7, 11) is 0. The molecule has 3 aromatic rings. The summed E-state index contributed by atoms with van der Waals surface area (Å²) in [6.45, 7) is 0. The first-order chi connectivity index (χ1) is 12.5. The summed E-state index contributed by atoms with van der Waals surface area (Å²) in [5.74, 6) is -1.04. The zero-order valence-corrected chi connectivity index (χ0v) is 14.1. The zero-order valence-electron chi connectivity index (χ0n) is 13.3. The van der Waals surface area contributed by atoms with Crippen molar-refractivity contribution < 1.29 is 20.0 Å². The number of thiophene rings is 1. The Balaban J connectivity index is 1.84. The van der Waals surface area contributed by atoms with Gasteiger partial charge in [0.15, 0.2) is 5.84 Å². The number of amides is 2. The van der Waals surface area contributed by atoms with E-state index in [0.29, 0.717) is 21.7 Å². The molecule has 1 aromatic heterocycles. The Morgan fingerprint density at radius 3 is 2.54 bits per heavy atom. The Hall–Kier alpha value is -3.43. The van der Waals surface area contributed by atoms with E-state index in [0.717, 1.165) is 10.1 Å². The number of nitrogens with one attached hydrogen (secondary N) is 2. The number of anilines is 1. The van der Waals surface area contributed by atoms with E-state index < -0.39 is 5.91 Å². The molecule has 0 atom stereocenters. The predicted octanol–water partition coefficient (Wildman–Crippen LogP) is 2.37. The third-order valence-corrected chi connectivity index (χ3v) is 4.74. The van der Waals surface area contributed by atoms with Crippen LogP contribution in [-0.2, 0) is 0 Å². The Bertz CT molecular complexity index is 1030. The van der Waals surface area contributed by atoms with E-state index in [1.165, 1.54) is 17.4 Å². The summed E-state index contributed by atoms with van der Waals surface area (Å²) in [6, 6.07) is 13.2. The number of carbonyl (C=O) groups is 2. The molecule has 0 aliphatic rings. The van der Waals surface area contributed by atoms with E-state index in [1.54, 1.807) is 47.9 Å². The number of nitrogens with two attached hydrogens (primary N) is 1. The molecule has 0 saturated carbocycles. The van der Waals surface area contributed by atoms with E-state index in [4.69, 9.17) is 16.1 Å². The monoisotopic (exact) mass is 370 g/mol. The van der Waals surface area contributed by atoms with Gasteiger partial charge >= 0.3 is 0 Å². The first-order valence-corrected chi connectivity index (χ1v) is 8.21. The van der Waals surface area contributed by atoms with Crippen molar-refractivity contribution in [3.63, 3.8) is 0 Å². The van der Waals surface area contributed by atoms with Crippen LogP contribution in [0.1, 0.15) is 25.6 Å². The number of hydroxylamine groups is 1. The molecule has 0 unspecified atom stereocenters. The molecule has 9 heteroatoms. The van der Waals surface area contributed by atoms with Crippen molar-refractivity contribution in [2.45, 2.75) is 0 Å². The molecular formula is C17H14N4O4S. The lowest BCUT2D eigenvalue weighted by Gasteiger charge is -2.07. The summed E-state index contributed by atoms with van der Waals surface area (Å²) in [5.41, 5.74) is 8.45. The Kier molecular flexibility index (Phi) is 4.83. The van der Waals surface area contributed by atoms with Gasteiger partial charge in [-0.3, -0.25) is 14.8 Å². The molecule has 0 bridgehead atoms. The van der Waals surface area contributed by atoms with Crippen LogP contribution in [0, 0.1) is 0 Å². The highest BCUT2D eigenvalue weighted by Gasteiger charge is 2.12. The zero-order chi connectivity index (χ0) is 18.7. The number of oxime groups is 1. The van der Waals surface area contributed by atoms with Crippen LogP contribution >= 0.6 is 11.3 Å². The average molecular weight is 370 g/mol. The van der Waals surface area contributed by atoms with Crippen LogP contribution in [0.3, 0.4) is 0 Å². The molecule has 0 saturated heterocycles. The lowest BCUT2D eigenvalue weighted by Crippen LogP contribution is -2.16. The fraction of sp³-hybridized carbons (Fsp3) is 0. The van der Waals surface area contributed by atoms with Crippen LogP contribution in [0.15, 0.2) is 53.7 Å². The van der Waals surface area contributed by atoms with Gasteiger partial charge in [-0.05, 0) is 41.8 Å². The third kappa shape index (κ3) is 3.48. The van der Waals surface area contributed by atoms with E-state index in [1.807, 2.05) is 0 Å². The third-order valence-electron chi connectivity index (χ3n) is 3.63. The normalized spacial score (nSPS) is 11.3. The number of hydrogen-bond donors (Lipinski definition) is 5. The number of fused-ring (bicyclic) bond motifs is 1. The van der Waals surface area contributed by atoms with Crippen molar-refractivity contribution in [3.05, 3.63) is 64.5 Å². The van der Waals surface area contributed by atoms with Crippen molar-refractivity contribution in [2.75, 3.05) is 5.32 Å². The highest BCUT2D eigenvalue weighted by atomic mass is 32.1. The van der Waals surface area contributed by atoms with Crippen LogP contribution in [0.25, 0.3) is 10.1 Å². The molecule has 2 amide bonds. The molecule has 0 spiro atoms. The minimum absolute atomic E-state index is 0.0889. The van der Waals surface area contributed by atoms with Gasteiger partial charge in [-0.15, -0.1) is 11.3 Å². The fourth-order valence-electron chi connectivity index (χ4n) is 2.37. The van der Waals surface area contributed by atoms with E-state index in [2.05, 4.69) is 10.5 Å². The minimum atomic E-state index is -0.586. The molecule has 0 aliphatic carbocycles. The van der Waals surface area contributed by atoms with Crippen LogP contribution < -0.4 is 16.5 Å². The van der Waals surface area contributed by atoms with Gasteiger partial charge < -0.3 is 16.3 Å². The maximum atomic E-state index is 12.4. The fourth-order valence-corrected chi connectivity index (χ4v) is 3.30. The van der Waals surface area contributed by atoms with Gasteiger partial charge in [-0.1, -0.05) is 17.3 Å². The molecule has 0 fully saturated rings. The van der Waals surface area contributed by atoms with Crippen molar-refractivity contribution in [1.82, 2.24) is 5.48 Å². The first-order valence-electron chi connectivity index (χ1n) is 7.39. The SMILES string of the molecule is N/C(=N/O)c1cccc(C(=O)Nc2ccc3sc(C(=O)NO)cc3c2)c1. The lowest BCUT2D eigenvalue weighted by atomic mass is 10.1. The van der Waals surface area contributed by atoms with Crippen LogP contribution in [0.4, 0.5) is 5.69 Å². The highest BCUT2D eigenvalue weighted by Crippen LogP contribution is 2.28. The van der Waals surface area contributed by atoms with E-state index in [-0.39, 0.29) is 11.7 Å². The summed E-state index contributed by atoms with van der Waals surface area (Å²) >= 11 is 1.23. The summed E-state index contributed by atoms with van der Waals surface area (Å²) in [6.07, 6.45) is 0. The summed E-state index contributed by atoms with van der Waals surface area (Å²) in [5, 5.41) is 23.9. The Labute approximate surface area is 151 Å². The number of rotatable bonds is 4. The molecule has 3 rings (SSSR count). The van der Waals surface area contributed by atoms with Gasteiger partial charge in [0.05, 0.1) is 4.88 Å². The van der Waals surface area contributed by atoms with Crippen molar-refractivity contribution in [1.29, 1.82) is 0 Å². The maximum absolute atomic E-state index is 12.4. The van der Waals surface area contributed by atoms with Gasteiger partial charge in [0.25, 0.3) is 11.8 Å². The number of nitrogens with zero attached hydrogens (tertiary/aromatic N) is 1. The standard InChI is InChI=1S/C17H14N4O4S/c18-15(20-24)9-2-1-3-10(6-9)16(22)19-12-4-5-13-11(7-12)8-14(26-13)17(23)21-25/h1-8,24-25H,(H2,18,20)(H,19,22)(H,21,23). The van der Waals surface area contributed by atoms with Crippen molar-refractivity contribution in [2.24, 2.45) is 10.9 Å². The van der Waals surface area contributed by atoms with Crippen molar-refractivity contribution in [3.8, 4) is 0 Å². The molecule has 2 aromatic carbocycles. The highest BCUT2D eigenvalue weighted by molar-refractivity contribution is 7.20.